The fourth-order valence-electron chi connectivity index (χ4n) is 2.65. The Morgan fingerprint density at radius 2 is 1.88 bits per heavy atom. The maximum Gasteiger partial charge on any atom is 0.357 e. The molecule has 2 aromatic rings. The average molecular weight is 378 g/mol. The highest BCUT2D eigenvalue weighted by molar-refractivity contribution is 7.54. The van der Waals surface area contributed by atoms with Crippen molar-refractivity contribution in [1.82, 2.24) is 0 Å². The molecule has 0 radical (unpaired) electrons. The zero-order valence-corrected chi connectivity index (χ0v) is 15.0. The van der Waals surface area contributed by atoms with Crippen LogP contribution in [0.15, 0.2) is 48.5 Å². The fourth-order valence-corrected chi connectivity index (χ4v) is 4.80. The topological polar surface area (TPSA) is 111 Å². The monoisotopic (exact) mass is 378 g/mol. The van der Waals surface area contributed by atoms with Crippen LogP contribution in [0.4, 0.5) is 11.4 Å². The minimum Gasteiger partial charge on any atom is -0.508 e. The summed E-state index contributed by atoms with van der Waals surface area (Å²) in [5, 5.41) is 23.4. The van der Waals surface area contributed by atoms with Crippen LogP contribution in [0.5, 0.6) is 5.75 Å². The van der Waals surface area contributed by atoms with E-state index in [9.17, 15) is 19.8 Å². The molecular weight excluding hydrogens is 359 g/mol. The molecule has 8 nitrogen and oxygen atoms in total. The first-order chi connectivity index (χ1) is 12.4. The Hall–Kier alpha value is -2.41. The van der Waals surface area contributed by atoms with Crippen LogP contribution < -0.4 is 5.32 Å². The Labute approximate surface area is 150 Å². The molecule has 2 aromatic carbocycles. The van der Waals surface area contributed by atoms with Gasteiger partial charge in [-0.3, -0.25) is 14.7 Å². The molecule has 0 amide bonds. The first kappa shape index (κ1) is 18.4. The number of nitrogens with one attached hydrogen (secondary N) is 1. The van der Waals surface area contributed by atoms with Crippen LogP contribution in [0, 0.1) is 10.1 Å². The van der Waals surface area contributed by atoms with E-state index in [1.807, 2.05) is 6.92 Å². The van der Waals surface area contributed by atoms with Gasteiger partial charge < -0.3 is 19.5 Å². The zero-order valence-electron chi connectivity index (χ0n) is 14.1. The molecule has 138 valence electrons. The smallest absolute Gasteiger partial charge is 0.357 e. The lowest BCUT2D eigenvalue weighted by molar-refractivity contribution is -0.384. The summed E-state index contributed by atoms with van der Waals surface area (Å²) in [5.74, 6) is -0.733. The highest BCUT2D eigenvalue weighted by Crippen LogP contribution is 2.63. The van der Waals surface area contributed by atoms with Crippen molar-refractivity contribution in [2.75, 3.05) is 11.9 Å². The Balaban J connectivity index is 1.96. The third-order valence-electron chi connectivity index (χ3n) is 4.03. The number of non-ortho nitro benzene ring substituents is 1. The molecular formula is C17H19N2O6P. The van der Waals surface area contributed by atoms with E-state index >= 15 is 0 Å². The van der Waals surface area contributed by atoms with Crippen LogP contribution >= 0.6 is 7.60 Å². The second kappa shape index (κ2) is 7.45. The quantitative estimate of drug-likeness (QED) is 0.343. The van der Waals surface area contributed by atoms with Gasteiger partial charge in [0, 0.05) is 17.8 Å². The lowest BCUT2D eigenvalue weighted by Gasteiger charge is -2.34. The van der Waals surface area contributed by atoms with Crippen molar-refractivity contribution in [2.24, 2.45) is 0 Å². The molecule has 1 aliphatic heterocycles. The summed E-state index contributed by atoms with van der Waals surface area (Å²) in [5.41, 5.74) is 1.09. The number of hydrogen-bond acceptors (Lipinski definition) is 7. The lowest BCUT2D eigenvalue weighted by Crippen LogP contribution is -2.23. The van der Waals surface area contributed by atoms with Crippen molar-refractivity contribution >= 4 is 19.0 Å². The normalized spacial score (nSPS) is 24.0. The summed E-state index contributed by atoms with van der Waals surface area (Å²) < 4.78 is 24.5. The third-order valence-corrected chi connectivity index (χ3v) is 6.28. The minimum atomic E-state index is -3.56. The van der Waals surface area contributed by atoms with E-state index in [1.54, 1.807) is 12.1 Å². The van der Waals surface area contributed by atoms with E-state index in [2.05, 4.69) is 5.32 Å². The second-order valence-corrected chi connectivity index (χ2v) is 8.09. The molecule has 0 aromatic heterocycles. The van der Waals surface area contributed by atoms with E-state index in [-0.39, 0.29) is 17.5 Å². The standard InChI is InChI=1S/C17H19N2O6P/c1-12-10-11-24-26(23,25-12)17(18-14-4-8-16(20)9-5-14)13-2-6-15(7-3-13)19(21)22/h2-9,12,17-18,20H,10-11H2,1H3. The van der Waals surface area contributed by atoms with Crippen molar-refractivity contribution < 1.29 is 23.6 Å². The van der Waals surface area contributed by atoms with Gasteiger partial charge in [-0.2, -0.15) is 0 Å². The van der Waals surface area contributed by atoms with Crippen molar-refractivity contribution in [3.05, 3.63) is 64.2 Å². The summed E-state index contributed by atoms with van der Waals surface area (Å²) >= 11 is 0. The molecule has 26 heavy (non-hydrogen) atoms. The largest absolute Gasteiger partial charge is 0.508 e. The molecule has 0 saturated carbocycles. The number of anilines is 1. The fraction of sp³-hybridized carbons (Fsp3) is 0.294. The van der Waals surface area contributed by atoms with E-state index in [4.69, 9.17) is 9.05 Å². The number of phenolic OH excluding ortho intramolecular Hbond substituents is 1. The van der Waals surface area contributed by atoms with E-state index in [0.717, 1.165) is 0 Å². The van der Waals surface area contributed by atoms with Crippen LogP contribution in [0.25, 0.3) is 0 Å². The van der Waals surface area contributed by atoms with Gasteiger partial charge in [-0.25, -0.2) is 0 Å². The SMILES string of the molecule is CC1CCOP(=O)(C(Nc2ccc(O)cc2)c2ccc([N+](=O)[O-])cc2)O1. The number of nitro groups is 1. The van der Waals surface area contributed by atoms with Gasteiger partial charge in [0.05, 0.1) is 17.6 Å². The van der Waals surface area contributed by atoms with Gasteiger partial charge in [-0.15, -0.1) is 0 Å². The number of hydrogen-bond donors (Lipinski definition) is 2. The molecule has 1 heterocycles. The number of phenols is 1. The lowest BCUT2D eigenvalue weighted by atomic mass is 10.2. The summed E-state index contributed by atoms with van der Waals surface area (Å²) in [6.45, 7) is 2.13. The first-order valence-electron chi connectivity index (χ1n) is 8.10. The number of aromatic hydroxyl groups is 1. The number of benzene rings is 2. The maximum absolute atomic E-state index is 13.3. The molecule has 3 rings (SSSR count). The van der Waals surface area contributed by atoms with E-state index in [1.165, 1.54) is 36.4 Å². The average Bonchev–Trinajstić information content (AvgIpc) is 2.61. The summed E-state index contributed by atoms with van der Waals surface area (Å²) in [6, 6.07) is 12.0. The molecule has 3 atom stereocenters. The van der Waals surface area contributed by atoms with Gasteiger partial charge in [-0.1, -0.05) is 0 Å². The molecule has 0 bridgehead atoms. The van der Waals surface area contributed by atoms with Crippen LogP contribution in [-0.4, -0.2) is 22.7 Å². The van der Waals surface area contributed by atoms with Gasteiger partial charge in [0.15, 0.2) is 5.78 Å². The molecule has 9 heteroatoms. The van der Waals surface area contributed by atoms with Crippen LogP contribution in [0.2, 0.25) is 0 Å². The van der Waals surface area contributed by atoms with E-state index in [0.29, 0.717) is 24.3 Å². The highest BCUT2D eigenvalue weighted by atomic mass is 31.2. The molecule has 3 unspecified atom stereocenters. The molecule has 0 aliphatic carbocycles. The van der Waals surface area contributed by atoms with Crippen LogP contribution in [0.3, 0.4) is 0 Å². The van der Waals surface area contributed by atoms with Crippen molar-refractivity contribution in [3.63, 3.8) is 0 Å². The summed E-state index contributed by atoms with van der Waals surface area (Å²) in [6.07, 6.45) is 0.410. The number of rotatable bonds is 5. The van der Waals surface area contributed by atoms with Crippen molar-refractivity contribution in [1.29, 1.82) is 0 Å². The molecule has 1 aliphatic rings. The number of nitrogens with zero attached hydrogens (tertiary/aromatic N) is 1. The van der Waals surface area contributed by atoms with Crippen molar-refractivity contribution in [3.8, 4) is 5.75 Å². The molecule has 0 spiro atoms. The number of nitro benzene ring substituents is 1. The van der Waals surface area contributed by atoms with Crippen molar-refractivity contribution in [2.45, 2.75) is 25.2 Å². The summed E-state index contributed by atoms with van der Waals surface area (Å²) in [7, 11) is -3.56. The predicted molar refractivity (Wildman–Crippen MR) is 96.3 cm³/mol. The molecule has 2 N–H and O–H groups in total. The molecule has 1 saturated heterocycles. The summed E-state index contributed by atoms with van der Waals surface area (Å²) in [4.78, 5) is 10.4. The van der Waals surface area contributed by atoms with Gasteiger partial charge >= 0.3 is 7.60 Å². The van der Waals surface area contributed by atoms with Gasteiger partial charge in [-0.05, 0) is 55.3 Å². The van der Waals surface area contributed by atoms with E-state index < -0.39 is 18.3 Å². The minimum absolute atomic E-state index is 0.0609. The Morgan fingerprint density at radius 3 is 2.46 bits per heavy atom. The second-order valence-electron chi connectivity index (χ2n) is 6.02. The highest BCUT2D eigenvalue weighted by Gasteiger charge is 2.41. The zero-order chi connectivity index (χ0) is 18.7. The van der Waals surface area contributed by atoms with Gasteiger partial charge in [0.1, 0.15) is 5.75 Å². The van der Waals surface area contributed by atoms with Gasteiger partial charge in [0.2, 0.25) is 0 Å². The predicted octanol–water partition coefficient (Wildman–Crippen LogP) is 4.43. The Kier molecular flexibility index (Phi) is 5.27. The van der Waals surface area contributed by atoms with Crippen LogP contribution in [-0.2, 0) is 13.6 Å². The Morgan fingerprint density at radius 1 is 1.23 bits per heavy atom. The van der Waals surface area contributed by atoms with Crippen LogP contribution in [0.1, 0.15) is 24.7 Å². The third kappa shape index (κ3) is 4.04. The maximum atomic E-state index is 13.3. The first-order valence-corrected chi connectivity index (χ1v) is 9.71. The molecule has 1 fully saturated rings. The van der Waals surface area contributed by atoms with Gasteiger partial charge in [0.25, 0.3) is 5.69 Å². The Bertz CT molecular complexity index is 824.